The highest BCUT2D eigenvalue weighted by Gasteiger charge is 2.48. The topological polar surface area (TPSA) is 56.2 Å². The maximum Gasteiger partial charge on any atom is 0.324 e. The molecule has 0 radical (unpaired) electrons. The summed E-state index contributed by atoms with van der Waals surface area (Å²) in [5.41, 5.74) is -0.545. The van der Waals surface area contributed by atoms with Crippen molar-refractivity contribution in [3.8, 4) is 0 Å². The minimum atomic E-state index is -1.05. The molecule has 1 unspecified atom stereocenters. The predicted octanol–water partition coefficient (Wildman–Crippen LogP) is 2.88. The second kappa shape index (κ2) is 4.66. The van der Waals surface area contributed by atoms with Crippen molar-refractivity contribution in [3.05, 3.63) is 47.3 Å². The number of benzene rings is 1. The van der Waals surface area contributed by atoms with Crippen molar-refractivity contribution in [2.45, 2.75) is 12.5 Å². The SMILES string of the molecule is C=CCN1C(=O)NC(=N)C1(C)c1ccc(F)cc1Cl. The Kier molecular flexibility index (Phi) is 3.32. The molecule has 1 saturated heterocycles. The molecule has 1 atom stereocenters. The van der Waals surface area contributed by atoms with Crippen LogP contribution in [0.1, 0.15) is 12.5 Å². The van der Waals surface area contributed by atoms with Crippen LogP contribution < -0.4 is 5.32 Å². The minimum absolute atomic E-state index is 0.00728. The van der Waals surface area contributed by atoms with Gasteiger partial charge in [-0.3, -0.25) is 10.7 Å². The van der Waals surface area contributed by atoms with Crippen LogP contribution in [0.5, 0.6) is 0 Å². The number of carbonyl (C=O) groups is 1. The lowest BCUT2D eigenvalue weighted by molar-refractivity contribution is 0.189. The Labute approximate surface area is 115 Å². The summed E-state index contributed by atoms with van der Waals surface area (Å²) in [7, 11) is 0. The van der Waals surface area contributed by atoms with Gasteiger partial charge in [0.2, 0.25) is 0 Å². The third-order valence-corrected chi connectivity index (χ3v) is 3.58. The fourth-order valence-corrected chi connectivity index (χ4v) is 2.54. The molecule has 1 fully saturated rings. The Balaban J connectivity index is 2.57. The van der Waals surface area contributed by atoms with Gasteiger partial charge < -0.3 is 4.90 Å². The van der Waals surface area contributed by atoms with E-state index in [-0.39, 0.29) is 17.4 Å². The highest BCUT2D eigenvalue weighted by atomic mass is 35.5. The van der Waals surface area contributed by atoms with E-state index in [4.69, 9.17) is 17.0 Å². The monoisotopic (exact) mass is 281 g/mol. The molecule has 6 heteroatoms. The first-order valence-electron chi connectivity index (χ1n) is 5.65. The van der Waals surface area contributed by atoms with Gasteiger partial charge in [-0.1, -0.05) is 23.7 Å². The molecule has 0 bridgehead atoms. The summed E-state index contributed by atoms with van der Waals surface area (Å²) in [6, 6.07) is 3.52. The number of rotatable bonds is 3. The highest BCUT2D eigenvalue weighted by molar-refractivity contribution is 6.32. The second-order valence-corrected chi connectivity index (χ2v) is 4.81. The van der Waals surface area contributed by atoms with Crippen LogP contribution in [-0.4, -0.2) is 23.3 Å². The fourth-order valence-electron chi connectivity index (χ4n) is 2.19. The first-order chi connectivity index (χ1) is 8.91. The summed E-state index contributed by atoms with van der Waals surface area (Å²) in [6.07, 6.45) is 1.56. The molecule has 1 heterocycles. The number of nitrogens with zero attached hydrogens (tertiary/aromatic N) is 1. The molecular formula is C13H13ClFN3O. The van der Waals surface area contributed by atoms with E-state index in [1.54, 1.807) is 13.0 Å². The van der Waals surface area contributed by atoms with Gasteiger partial charge in [-0.15, -0.1) is 6.58 Å². The molecule has 1 aliphatic rings. The third kappa shape index (κ3) is 2.00. The van der Waals surface area contributed by atoms with Crippen molar-refractivity contribution in [3.63, 3.8) is 0 Å². The van der Waals surface area contributed by atoms with Crippen molar-refractivity contribution in [1.29, 1.82) is 5.41 Å². The molecule has 1 aromatic carbocycles. The first kappa shape index (κ1) is 13.5. The van der Waals surface area contributed by atoms with Crippen LogP contribution in [0.2, 0.25) is 5.02 Å². The third-order valence-electron chi connectivity index (χ3n) is 3.27. The number of halogens is 2. The standard InChI is InChI=1S/C13H13ClFN3O/c1-3-6-18-12(19)17-11(16)13(18,2)9-5-4-8(15)7-10(9)14/h3-5,7H,1,6H2,2H3,(H2,16,17,19). The highest BCUT2D eigenvalue weighted by Crippen LogP contribution is 2.37. The van der Waals surface area contributed by atoms with Gasteiger partial charge in [0.05, 0.1) is 0 Å². The molecule has 100 valence electrons. The average molecular weight is 282 g/mol. The molecule has 0 aliphatic carbocycles. The smallest absolute Gasteiger partial charge is 0.304 e. The van der Waals surface area contributed by atoms with Crippen LogP contribution in [0.25, 0.3) is 0 Å². The molecule has 1 aliphatic heterocycles. The zero-order valence-corrected chi connectivity index (χ0v) is 11.1. The van der Waals surface area contributed by atoms with Gasteiger partial charge >= 0.3 is 6.03 Å². The zero-order chi connectivity index (χ0) is 14.2. The van der Waals surface area contributed by atoms with Crippen LogP contribution in [-0.2, 0) is 5.54 Å². The molecule has 0 saturated carbocycles. The molecule has 1 aromatic rings. The van der Waals surface area contributed by atoms with Gasteiger partial charge in [0, 0.05) is 17.1 Å². The van der Waals surface area contributed by atoms with E-state index in [0.29, 0.717) is 5.56 Å². The maximum atomic E-state index is 13.1. The molecule has 2 N–H and O–H groups in total. The normalized spacial score (nSPS) is 22.6. The molecule has 0 spiro atoms. The number of hydrogen-bond donors (Lipinski definition) is 2. The lowest BCUT2D eigenvalue weighted by Gasteiger charge is -2.33. The van der Waals surface area contributed by atoms with Crippen LogP contribution >= 0.6 is 11.6 Å². The quantitative estimate of drug-likeness (QED) is 0.823. The molecular weight excluding hydrogens is 269 g/mol. The zero-order valence-electron chi connectivity index (χ0n) is 10.3. The van der Waals surface area contributed by atoms with Gasteiger partial charge in [-0.05, 0) is 19.1 Å². The maximum absolute atomic E-state index is 13.1. The summed E-state index contributed by atoms with van der Waals surface area (Å²) in [6.45, 7) is 5.55. The van der Waals surface area contributed by atoms with E-state index in [0.717, 1.165) is 0 Å². The van der Waals surface area contributed by atoms with Crippen molar-refractivity contribution in [2.75, 3.05) is 6.54 Å². The molecule has 0 aromatic heterocycles. The van der Waals surface area contributed by atoms with Crippen LogP contribution in [0.15, 0.2) is 30.9 Å². The van der Waals surface area contributed by atoms with Crippen LogP contribution in [0, 0.1) is 11.2 Å². The number of urea groups is 1. The molecule has 2 amide bonds. The Morgan fingerprint density at radius 3 is 2.89 bits per heavy atom. The number of hydrogen-bond acceptors (Lipinski definition) is 2. The second-order valence-electron chi connectivity index (χ2n) is 4.40. The van der Waals surface area contributed by atoms with Gasteiger partial charge in [-0.2, -0.15) is 0 Å². The Hall–Kier alpha value is -1.88. The fraction of sp³-hybridized carbons (Fsp3) is 0.231. The summed E-state index contributed by atoms with van der Waals surface area (Å²) in [5, 5.41) is 10.6. The minimum Gasteiger partial charge on any atom is -0.304 e. The van der Waals surface area contributed by atoms with E-state index in [1.165, 1.54) is 23.1 Å². The lowest BCUT2D eigenvalue weighted by Crippen LogP contribution is -2.44. The number of amides is 2. The van der Waals surface area contributed by atoms with Crippen molar-refractivity contribution in [2.24, 2.45) is 0 Å². The number of nitrogens with one attached hydrogen (secondary N) is 2. The van der Waals surface area contributed by atoms with Crippen molar-refractivity contribution < 1.29 is 9.18 Å². The molecule has 19 heavy (non-hydrogen) atoms. The largest absolute Gasteiger partial charge is 0.324 e. The van der Waals surface area contributed by atoms with Gasteiger partial charge in [-0.25, -0.2) is 9.18 Å². The van der Waals surface area contributed by atoms with E-state index < -0.39 is 17.4 Å². The Morgan fingerprint density at radius 2 is 2.32 bits per heavy atom. The molecule has 2 rings (SSSR count). The average Bonchev–Trinajstić information content (AvgIpc) is 2.54. The van der Waals surface area contributed by atoms with Gasteiger partial charge in [0.1, 0.15) is 17.2 Å². The van der Waals surface area contributed by atoms with Gasteiger partial charge in [0.25, 0.3) is 0 Å². The van der Waals surface area contributed by atoms with Crippen LogP contribution in [0.4, 0.5) is 9.18 Å². The summed E-state index contributed by atoms with van der Waals surface area (Å²) >= 11 is 6.05. The summed E-state index contributed by atoms with van der Waals surface area (Å²) < 4.78 is 13.1. The Morgan fingerprint density at radius 1 is 1.63 bits per heavy atom. The number of carbonyl (C=O) groups excluding carboxylic acids is 1. The van der Waals surface area contributed by atoms with E-state index >= 15 is 0 Å². The van der Waals surface area contributed by atoms with Gasteiger partial charge in [0.15, 0.2) is 0 Å². The predicted molar refractivity (Wildman–Crippen MR) is 71.9 cm³/mol. The summed E-state index contributed by atoms with van der Waals surface area (Å²) in [4.78, 5) is 13.3. The molecule has 4 nitrogen and oxygen atoms in total. The van der Waals surface area contributed by atoms with E-state index in [2.05, 4.69) is 11.9 Å². The number of amidine groups is 1. The summed E-state index contributed by atoms with van der Waals surface area (Å²) in [5.74, 6) is -0.454. The van der Waals surface area contributed by atoms with Crippen LogP contribution in [0.3, 0.4) is 0 Å². The van der Waals surface area contributed by atoms with Crippen molar-refractivity contribution >= 4 is 23.5 Å². The lowest BCUT2D eigenvalue weighted by atomic mass is 9.90. The van der Waals surface area contributed by atoms with E-state index in [9.17, 15) is 9.18 Å². The van der Waals surface area contributed by atoms with Crippen molar-refractivity contribution in [1.82, 2.24) is 10.2 Å². The first-order valence-corrected chi connectivity index (χ1v) is 6.03. The Bertz CT molecular complexity index is 575. The van der Waals surface area contributed by atoms with E-state index in [1.807, 2.05) is 0 Å².